The molecule has 0 radical (unpaired) electrons. The van der Waals surface area contributed by atoms with Crippen LogP contribution in [0.2, 0.25) is 5.02 Å². The van der Waals surface area contributed by atoms with Crippen LogP contribution in [0.1, 0.15) is 17.4 Å². The van der Waals surface area contributed by atoms with Crippen LogP contribution < -0.4 is 4.74 Å². The molecule has 1 heterocycles. The standard InChI is InChI=1S/C9H7BrCl2O/c10-6-3-5(11)4-8-9(6)7(12)1-2-13-8/h3-4,7H,1-2H2. The Hall–Kier alpha value is 0.0800. The quantitative estimate of drug-likeness (QED) is 0.649. The number of ether oxygens (including phenoxy) is 1. The van der Waals surface area contributed by atoms with E-state index in [9.17, 15) is 0 Å². The van der Waals surface area contributed by atoms with Crippen LogP contribution in [0.4, 0.5) is 0 Å². The SMILES string of the molecule is Clc1cc(Br)c2c(c1)OCCC2Cl. The van der Waals surface area contributed by atoms with Crippen LogP contribution in [-0.2, 0) is 0 Å². The smallest absolute Gasteiger partial charge is 0.126 e. The highest BCUT2D eigenvalue weighted by molar-refractivity contribution is 9.10. The molecule has 0 fully saturated rings. The van der Waals surface area contributed by atoms with E-state index in [1.54, 1.807) is 6.07 Å². The van der Waals surface area contributed by atoms with Crippen molar-refractivity contribution in [1.82, 2.24) is 0 Å². The van der Waals surface area contributed by atoms with Crippen molar-refractivity contribution in [3.05, 3.63) is 27.2 Å². The highest BCUT2D eigenvalue weighted by Crippen LogP contribution is 2.42. The second-order valence-corrected chi connectivity index (χ2v) is 4.72. The van der Waals surface area contributed by atoms with Gasteiger partial charge in [-0.3, -0.25) is 0 Å². The first-order valence-electron chi connectivity index (χ1n) is 3.94. The van der Waals surface area contributed by atoms with E-state index in [1.807, 2.05) is 6.07 Å². The van der Waals surface area contributed by atoms with Gasteiger partial charge in [-0.15, -0.1) is 11.6 Å². The zero-order chi connectivity index (χ0) is 9.42. The molecule has 1 aromatic carbocycles. The molecular weight excluding hydrogens is 275 g/mol. The van der Waals surface area contributed by atoms with Crippen LogP contribution in [0.3, 0.4) is 0 Å². The minimum absolute atomic E-state index is 0.0235. The van der Waals surface area contributed by atoms with Crippen LogP contribution in [0.5, 0.6) is 5.75 Å². The van der Waals surface area contributed by atoms with Gasteiger partial charge in [0.1, 0.15) is 5.75 Å². The van der Waals surface area contributed by atoms with E-state index in [-0.39, 0.29) is 5.38 Å². The second kappa shape index (κ2) is 3.68. The van der Waals surface area contributed by atoms with Crippen molar-refractivity contribution < 1.29 is 4.74 Å². The van der Waals surface area contributed by atoms with Crippen molar-refractivity contribution >= 4 is 39.1 Å². The third-order valence-electron chi connectivity index (χ3n) is 2.00. The van der Waals surface area contributed by atoms with E-state index in [1.165, 1.54) is 0 Å². The maximum Gasteiger partial charge on any atom is 0.126 e. The topological polar surface area (TPSA) is 9.23 Å². The Morgan fingerprint density at radius 2 is 2.23 bits per heavy atom. The molecule has 1 unspecified atom stereocenters. The molecule has 0 saturated carbocycles. The van der Waals surface area contributed by atoms with Gasteiger partial charge in [-0.05, 0) is 12.1 Å². The Bertz CT molecular complexity index is 341. The van der Waals surface area contributed by atoms with E-state index < -0.39 is 0 Å². The molecule has 70 valence electrons. The van der Waals surface area contributed by atoms with E-state index >= 15 is 0 Å². The molecule has 1 aliphatic heterocycles. The maximum absolute atomic E-state index is 6.15. The molecule has 2 rings (SSSR count). The Morgan fingerprint density at radius 1 is 1.46 bits per heavy atom. The number of fused-ring (bicyclic) bond motifs is 1. The minimum atomic E-state index is 0.0235. The average Bonchev–Trinajstić information content (AvgIpc) is 2.02. The average molecular weight is 282 g/mol. The molecule has 0 aromatic heterocycles. The Labute approximate surface area is 95.1 Å². The van der Waals surface area contributed by atoms with Crippen molar-refractivity contribution in [3.8, 4) is 5.75 Å². The molecule has 0 bridgehead atoms. The summed E-state index contributed by atoms with van der Waals surface area (Å²) in [6.07, 6.45) is 0.842. The summed E-state index contributed by atoms with van der Waals surface area (Å²) in [6, 6.07) is 3.64. The summed E-state index contributed by atoms with van der Waals surface area (Å²) in [5.74, 6) is 0.797. The van der Waals surface area contributed by atoms with Crippen LogP contribution in [0, 0.1) is 0 Å². The van der Waals surface area contributed by atoms with Gasteiger partial charge in [0.05, 0.1) is 12.0 Å². The second-order valence-electron chi connectivity index (χ2n) is 2.90. The first-order valence-corrected chi connectivity index (χ1v) is 5.55. The molecule has 0 N–H and O–H groups in total. The first-order chi connectivity index (χ1) is 6.18. The summed E-state index contributed by atoms with van der Waals surface area (Å²) in [4.78, 5) is 0. The number of alkyl halides is 1. The Kier molecular flexibility index (Phi) is 2.72. The third-order valence-corrected chi connectivity index (χ3v) is 3.31. The van der Waals surface area contributed by atoms with E-state index in [2.05, 4.69) is 15.9 Å². The molecular formula is C9H7BrCl2O. The van der Waals surface area contributed by atoms with Crippen LogP contribution in [-0.4, -0.2) is 6.61 Å². The van der Waals surface area contributed by atoms with Gasteiger partial charge >= 0.3 is 0 Å². The fourth-order valence-electron chi connectivity index (χ4n) is 1.40. The largest absolute Gasteiger partial charge is 0.493 e. The van der Waals surface area contributed by atoms with Gasteiger partial charge in [-0.1, -0.05) is 27.5 Å². The van der Waals surface area contributed by atoms with Gasteiger partial charge in [0.15, 0.2) is 0 Å². The molecule has 0 spiro atoms. The van der Waals surface area contributed by atoms with Crippen molar-refractivity contribution in [2.24, 2.45) is 0 Å². The summed E-state index contributed by atoms with van der Waals surface area (Å²) in [5.41, 5.74) is 1.01. The van der Waals surface area contributed by atoms with E-state index in [4.69, 9.17) is 27.9 Å². The molecule has 1 aromatic rings. The Balaban J connectivity index is 2.56. The van der Waals surface area contributed by atoms with Crippen molar-refractivity contribution in [1.29, 1.82) is 0 Å². The van der Waals surface area contributed by atoms with Gasteiger partial charge in [0.25, 0.3) is 0 Å². The lowest BCUT2D eigenvalue weighted by Gasteiger charge is -2.22. The van der Waals surface area contributed by atoms with Crippen LogP contribution in [0.25, 0.3) is 0 Å². The molecule has 0 amide bonds. The predicted molar refractivity (Wildman–Crippen MR) is 57.9 cm³/mol. The molecule has 0 saturated heterocycles. The normalized spacial score (nSPS) is 20.7. The number of rotatable bonds is 0. The third kappa shape index (κ3) is 1.80. The fourth-order valence-corrected chi connectivity index (χ4v) is 2.91. The highest BCUT2D eigenvalue weighted by Gasteiger charge is 2.22. The highest BCUT2D eigenvalue weighted by atomic mass is 79.9. The predicted octanol–water partition coefficient (Wildman–Crippen LogP) is 4.16. The zero-order valence-electron chi connectivity index (χ0n) is 6.69. The monoisotopic (exact) mass is 280 g/mol. The van der Waals surface area contributed by atoms with Gasteiger partial charge in [0.2, 0.25) is 0 Å². The number of hydrogen-bond acceptors (Lipinski definition) is 1. The van der Waals surface area contributed by atoms with Crippen molar-refractivity contribution in [2.45, 2.75) is 11.8 Å². The lowest BCUT2D eigenvalue weighted by atomic mass is 10.1. The number of halogens is 3. The van der Waals surface area contributed by atoms with E-state index in [0.717, 1.165) is 22.2 Å². The lowest BCUT2D eigenvalue weighted by Crippen LogP contribution is -2.11. The summed E-state index contributed by atoms with van der Waals surface area (Å²) in [6.45, 7) is 0.661. The zero-order valence-corrected chi connectivity index (χ0v) is 9.79. The van der Waals surface area contributed by atoms with E-state index in [0.29, 0.717) is 11.6 Å². The minimum Gasteiger partial charge on any atom is -0.493 e. The van der Waals surface area contributed by atoms with Crippen molar-refractivity contribution in [3.63, 3.8) is 0 Å². The van der Waals surface area contributed by atoms with Gasteiger partial charge in [-0.2, -0.15) is 0 Å². The molecule has 1 aliphatic rings. The molecule has 1 atom stereocenters. The maximum atomic E-state index is 6.15. The first kappa shape index (κ1) is 9.63. The summed E-state index contributed by atoms with van der Waals surface area (Å²) >= 11 is 15.5. The summed E-state index contributed by atoms with van der Waals surface area (Å²) < 4.78 is 6.38. The summed E-state index contributed by atoms with van der Waals surface area (Å²) in [5, 5.41) is 0.687. The fraction of sp³-hybridized carbons (Fsp3) is 0.333. The molecule has 1 nitrogen and oxygen atoms in total. The van der Waals surface area contributed by atoms with Gasteiger partial charge in [0, 0.05) is 21.5 Å². The lowest BCUT2D eigenvalue weighted by molar-refractivity contribution is 0.284. The van der Waals surface area contributed by atoms with Crippen LogP contribution >= 0.6 is 39.1 Å². The Morgan fingerprint density at radius 3 is 3.00 bits per heavy atom. The number of benzene rings is 1. The molecule has 4 heteroatoms. The van der Waals surface area contributed by atoms with Gasteiger partial charge in [-0.25, -0.2) is 0 Å². The molecule has 13 heavy (non-hydrogen) atoms. The summed E-state index contributed by atoms with van der Waals surface area (Å²) in [7, 11) is 0. The van der Waals surface area contributed by atoms with Crippen LogP contribution in [0.15, 0.2) is 16.6 Å². The van der Waals surface area contributed by atoms with Gasteiger partial charge < -0.3 is 4.74 Å². The molecule has 0 aliphatic carbocycles. The number of hydrogen-bond donors (Lipinski definition) is 0. The van der Waals surface area contributed by atoms with Crippen molar-refractivity contribution in [2.75, 3.05) is 6.61 Å².